The molecule has 0 unspecified atom stereocenters. The Morgan fingerprint density at radius 3 is 2.31 bits per heavy atom. The van der Waals surface area contributed by atoms with Crippen molar-refractivity contribution in [1.29, 1.82) is 0 Å². The molecule has 1 aliphatic heterocycles. The minimum absolute atomic E-state index is 0.136. The lowest BCUT2D eigenvalue weighted by atomic mass is 10.2. The molecule has 0 bridgehead atoms. The molecule has 0 spiro atoms. The Morgan fingerprint density at radius 2 is 1.62 bits per heavy atom. The highest BCUT2D eigenvalue weighted by atomic mass is 35.5. The van der Waals surface area contributed by atoms with E-state index in [1.165, 1.54) is 5.69 Å². The first-order chi connectivity index (χ1) is 12.7. The van der Waals surface area contributed by atoms with Gasteiger partial charge in [0.15, 0.2) is 0 Å². The Hall–Kier alpha value is -2.24. The Kier molecular flexibility index (Phi) is 6.75. The first-order valence-corrected chi connectivity index (χ1v) is 9.37. The first-order valence-electron chi connectivity index (χ1n) is 8.99. The predicted octanol–water partition coefficient (Wildman–Crippen LogP) is 2.96. The van der Waals surface area contributed by atoms with Crippen molar-refractivity contribution in [3.63, 3.8) is 0 Å². The Balaban J connectivity index is 1.30. The summed E-state index contributed by atoms with van der Waals surface area (Å²) in [6.07, 6.45) is 0. The van der Waals surface area contributed by atoms with Gasteiger partial charge in [-0.3, -0.25) is 4.90 Å². The maximum atomic E-state index is 11.9. The standard InChI is InChI=1S/C20H25ClN4O/c21-18-8-6-17(7-9-18)16-23-20(26)22-10-11-24-12-14-25(15-13-24)19-4-2-1-3-5-19/h1-9H,10-16H2,(H2,22,23,26). The molecule has 3 rings (SSSR count). The molecule has 2 amide bonds. The van der Waals surface area contributed by atoms with Gasteiger partial charge in [0.05, 0.1) is 0 Å². The van der Waals surface area contributed by atoms with Gasteiger partial charge in [-0.1, -0.05) is 41.9 Å². The highest BCUT2D eigenvalue weighted by Gasteiger charge is 2.16. The van der Waals surface area contributed by atoms with Crippen LogP contribution in [0.25, 0.3) is 0 Å². The Labute approximate surface area is 159 Å². The summed E-state index contributed by atoms with van der Waals surface area (Å²) in [4.78, 5) is 16.7. The number of piperazine rings is 1. The number of hydrogen-bond acceptors (Lipinski definition) is 3. The predicted molar refractivity (Wildman–Crippen MR) is 107 cm³/mol. The summed E-state index contributed by atoms with van der Waals surface area (Å²) in [5, 5.41) is 6.49. The smallest absolute Gasteiger partial charge is 0.315 e. The topological polar surface area (TPSA) is 47.6 Å². The highest BCUT2D eigenvalue weighted by molar-refractivity contribution is 6.30. The summed E-state index contributed by atoms with van der Waals surface area (Å²) in [7, 11) is 0. The fraction of sp³-hybridized carbons (Fsp3) is 0.350. The summed E-state index contributed by atoms with van der Waals surface area (Å²) in [6.45, 7) is 6.10. The van der Waals surface area contributed by atoms with Crippen molar-refractivity contribution in [3.05, 3.63) is 65.2 Å². The monoisotopic (exact) mass is 372 g/mol. The van der Waals surface area contributed by atoms with Crippen LogP contribution in [0.15, 0.2) is 54.6 Å². The zero-order chi connectivity index (χ0) is 18.2. The third kappa shape index (κ3) is 5.64. The summed E-state index contributed by atoms with van der Waals surface area (Å²) in [5.41, 5.74) is 2.31. The summed E-state index contributed by atoms with van der Waals surface area (Å²) in [5.74, 6) is 0. The molecule has 0 atom stereocenters. The second-order valence-electron chi connectivity index (χ2n) is 6.40. The van der Waals surface area contributed by atoms with E-state index in [2.05, 4.69) is 44.7 Å². The summed E-state index contributed by atoms with van der Waals surface area (Å²) >= 11 is 5.85. The SMILES string of the molecule is O=C(NCCN1CCN(c2ccccc2)CC1)NCc1ccc(Cl)cc1. The number of urea groups is 1. The lowest BCUT2D eigenvalue weighted by Gasteiger charge is -2.36. The van der Waals surface area contributed by atoms with Gasteiger partial charge in [0.1, 0.15) is 0 Å². The zero-order valence-corrected chi connectivity index (χ0v) is 15.6. The molecular formula is C20H25ClN4O. The van der Waals surface area contributed by atoms with E-state index in [0.29, 0.717) is 18.1 Å². The van der Waals surface area contributed by atoms with Crippen molar-refractivity contribution in [3.8, 4) is 0 Å². The lowest BCUT2D eigenvalue weighted by Crippen LogP contribution is -2.49. The molecule has 1 aliphatic rings. The van der Waals surface area contributed by atoms with Crippen molar-refractivity contribution < 1.29 is 4.79 Å². The van der Waals surface area contributed by atoms with Crippen molar-refractivity contribution in [1.82, 2.24) is 15.5 Å². The normalized spacial score (nSPS) is 14.9. The first kappa shape index (κ1) is 18.5. The van der Waals surface area contributed by atoms with E-state index in [1.807, 2.05) is 30.3 Å². The van der Waals surface area contributed by atoms with E-state index in [1.54, 1.807) is 0 Å². The van der Waals surface area contributed by atoms with Crippen LogP contribution in [0.1, 0.15) is 5.56 Å². The van der Waals surface area contributed by atoms with Crippen LogP contribution in [0, 0.1) is 0 Å². The molecule has 0 saturated carbocycles. The van der Waals surface area contributed by atoms with E-state index in [-0.39, 0.29) is 6.03 Å². The third-order valence-electron chi connectivity index (χ3n) is 4.57. The van der Waals surface area contributed by atoms with Crippen LogP contribution in [0.4, 0.5) is 10.5 Å². The minimum atomic E-state index is -0.136. The van der Waals surface area contributed by atoms with E-state index in [9.17, 15) is 4.79 Å². The van der Waals surface area contributed by atoms with Gasteiger partial charge in [-0.2, -0.15) is 0 Å². The second-order valence-corrected chi connectivity index (χ2v) is 6.84. The number of halogens is 1. The van der Waals surface area contributed by atoms with Gasteiger partial charge in [-0.05, 0) is 29.8 Å². The number of carbonyl (C=O) groups is 1. The molecule has 1 fully saturated rings. The number of hydrogen-bond donors (Lipinski definition) is 2. The highest BCUT2D eigenvalue weighted by Crippen LogP contribution is 2.15. The van der Waals surface area contributed by atoms with Crippen molar-refractivity contribution in [2.45, 2.75) is 6.54 Å². The van der Waals surface area contributed by atoms with E-state index in [0.717, 1.165) is 38.3 Å². The fourth-order valence-electron chi connectivity index (χ4n) is 3.04. The molecule has 26 heavy (non-hydrogen) atoms. The maximum absolute atomic E-state index is 11.9. The molecule has 6 heteroatoms. The number of carbonyl (C=O) groups excluding carboxylic acids is 1. The van der Waals surface area contributed by atoms with Crippen LogP contribution in [-0.4, -0.2) is 50.2 Å². The number of amides is 2. The van der Waals surface area contributed by atoms with Gasteiger partial charge in [0.2, 0.25) is 0 Å². The van der Waals surface area contributed by atoms with Crippen LogP contribution in [0.2, 0.25) is 5.02 Å². The largest absolute Gasteiger partial charge is 0.369 e. The molecule has 2 aromatic carbocycles. The lowest BCUT2D eigenvalue weighted by molar-refractivity contribution is 0.231. The molecule has 0 radical (unpaired) electrons. The number of rotatable bonds is 6. The minimum Gasteiger partial charge on any atom is -0.369 e. The average Bonchev–Trinajstić information content (AvgIpc) is 2.69. The fourth-order valence-corrected chi connectivity index (χ4v) is 3.17. The Morgan fingerprint density at radius 1 is 0.923 bits per heavy atom. The number of benzene rings is 2. The van der Waals surface area contributed by atoms with Gasteiger partial charge >= 0.3 is 6.03 Å². The molecule has 1 heterocycles. The van der Waals surface area contributed by atoms with Gasteiger partial charge in [0, 0.05) is 56.5 Å². The Bertz CT molecular complexity index is 685. The molecule has 0 aromatic heterocycles. The van der Waals surface area contributed by atoms with Crippen LogP contribution in [-0.2, 0) is 6.54 Å². The number of nitrogens with zero attached hydrogens (tertiary/aromatic N) is 2. The summed E-state index contributed by atoms with van der Waals surface area (Å²) < 4.78 is 0. The maximum Gasteiger partial charge on any atom is 0.315 e. The van der Waals surface area contributed by atoms with Gasteiger partial charge < -0.3 is 15.5 Å². The number of nitrogens with one attached hydrogen (secondary N) is 2. The van der Waals surface area contributed by atoms with Crippen LogP contribution >= 0.6 is 11.6 Å². The van der Waals surface area contributed by atoms with Crippen LogP contribution < -0.4 is 15.5 Å². The molecule has 2 N–H and O–H groups in total. The van der Waals surface area contributed by atoms with Gasteiger partial charge in [-0.25, -0.2) is 4.79 Å². The van der Waals surface area contributed by atoms with Crippen molar-refractivity contribution >= 4 is 23.3 Å². The van der Waals surface area contributed by atoms with E-state index >= 15 is 0 Å². The van der Waals surface area contributed by atoms with Gasteiger partial charge in [-0.15, -0.1) is 0 Å². The molecule has 1 saturated heterocycles. The second kappa shape index (κ2) is 9.46. The van der Waals surface area contributed by atoms with E-state index in [4.69, 9.17) is 11.6 Å². The van der Waals surface area contributed by atoms with Crippen LogP contribution in [0.3, 0.4) is 0 Å². The quantitative estimate of drug-likeness (QED) is 0.819. The molecule has 0 aliphatic carbocycles. The van der Waals surface area contributed by atoms with Gasteiger partial charge in [0.25, 0.3) is 0 Å². The molecular weight excluding hydrogens is 348 g/mol. The summed E-state index contributed by atoms with van der Waals surface area (Å²) in [6, 6.07) is 17.8. The van der Waals surface area contributed by atoms with E-state index < -0.39 is 0 Å². The number of para-hydroxylation sites is 1. The molecule has 138 valence electrons. The molecule has 2 aromatic rings. The van der Waals surface area contributed by atoms with Crippen molar-refractivity contribution in [2.24, 2.45) is 0 Å². The third-order valence-corrected chi connectivity index (χ3v) is 4.83. The average molecular weight is 373 g/mol. The zero-order valence-electron chi connectivity index (χ0n) is 14.8. The van der Waals surface area contributed by atoms with Crippen molar-refractivity contribution in [2.75, 3.05) is 44.2 Å². The van der Waals surface area contributed by atoms with Crippen LogP contribution in [0.5, 0.6) is 0 Å². The number of anilines is 1. The molecule has 5 nitrogen and oxygen atoms in total.